The second kappa shape index (κ2) is 13.0. The van der Waals surface area contributed by atoms with Gasteiger partial charge in [0.25, 0.3) is 0 Å². The van der Waals surface area contributed by atoms with Crippen LogP contribution in [-0.2, 0) is 16.4 Å². The predicted octanol–water partition coefficient (Wildman–Crippen LogP) is 6.73. The first-order valence-electron chi connectivity index (χ1n) is 12.8. The summed E-state index contributed by atoms with van der Waals surface area (Å²) in [6, 6.07) is 16.9. The van der Waals surface area contributed by atoms with Gasteiger partial charge in [0.15, 0.2) is 0 Å². The maximum atomic E-state index is 13.5. The lowest BCUT2D eigenvalue weighted by atomic mass is 10.1. The summed E-state index contributed by atoms with van der Waals surface area (Å²) >= 11 is 7.91. The van der Waals surface area contributed by atoms with Crippen LogP contribution < -0.4 is 15.4 Å². The number of halogens is 2. The van der Waals surface area contributed by atoms with Crippen molar-refractivity contribution in [2.75, 3.05) is 23.9 Å². The Hall–Kier alpha value is -3.90. The van der Waals surface area contributed by atoms with Crippen molar-refractivity contribution in [3.05, 3.63) is 107 Å². The monoisotopic (exact) mass is 623 g/mol. The molecule has 8 nitrogen and oxygen atoms in total. The van der Waals surface area contributed by atoms with Gasteiger partial charge < -0.3 is 15.4 Å². The fraction of sp³-hybridized carbons (Fsp3) is 0.167. The summed E-state index contributed by atoms with van der Waals surface area (Å²) in [5.41, 5.74) is 2.97. The normalized spacial score (nSPS) is 12.3. The molecule has 216 valence electrons. The van der Waals surface area contributed by atoms with Gasteiger partial charge in [0.05, 0.1) is 22.3 Å². The van der Waals surface area contributed by atoms with Gasteiger partial charge in [0.2, 0.25) is 0 Å². The fourth-order valence-electron chi connectivity index (χ4n) is 4.26. The van der Waals surface area contributed by atoms with Crippen LogP contribution in [0.3, 0.4) is 0 Å². The topological polar surface area (TPSA) is 106 Å². The van der Waals surface area contributed by atoms with Crippen LogP contribution in [-0.4, -0.2) is 41.9 Å². The number of nitrogens with zero attached hydrogens (tertiary/aromatic N) is 3. The summed E-state index contributed by atoms with van der Waals surface area (Å²) in [6.07, 6.45) is 6.09. The molecule has 1 atom stereocenters. The molecule has 3 aromatic carbocycles. The van der Waals surface area contributed by atoms with Crippen LogP contribution in [0.4, 0.5) is 15.9 Å². The van der Waals surface area contributed by atoms with E-state index in [-0.39, 0.29) is 18.2 Å². The number of hydrogen-bond donors (Lipinski definition) is 2. The molecular weight excluding hydrogens is 597 g/mol. The van der Waals surface area contributed by atoms with E-state index in [1.165, 1.54) is 36.1 Å². The molecule has 0 aliphatic rings. The molecule has 0 amide bonds. The number of sulfone groups is 1. The van der Waals surface area contributed by atoms with Crippen LogP contribution in [0.2, 0.25) is 5.02 Å². The summed E-state index contributed by atoms with van der Waals surface area (Å²) < 4.78 is 43.3. The molecule has 0 aliphatic heterocycles. The Morgan fingerprint density at radius 2 is 1.98 bits per heavy atom. The number of rotatable bonds is 12. The van der Waals surface area contributed by atoms with E-state index >= 15 is 0 Å². The van der Waals surface area contributed by atoms with Gasteiger partial charge in [-0.15, -0.1) is 17.9 Å². The third kappa shape index (κ3) is 7.48. The molecule has 0 spiro atoms. The molecule has 0 unspecified atom stereocenters. The average molecular weight is 624 g/mol. The van der Waals surface area contributed by atoms with Crippen molar-refractivity contribution in [3.63, 3.8) is 0 Å². The molecule has 0 bridgehead atoms. The Labute approximate surface area is 252 Å². The Kier molecular flexibility index (Phi) is 9.12. The highest BCUT2D eigenvalue weighted by Gasteiger charge is 2.20. The first kappa shape index (κ1) is 29.6. The molecule has 5 rings (SSSR count). The van der Waals surface area contributed by atoms with Gasteiger partial charge in [-0.3, -0.25) is 0 Å². The average Bonchev–Trinajstić information content (AvgIpc) is 3.45. The van der Waals surface area contributed by atoms with Crippen molar-refractivity contribution in [2.24, 2.45) is 0 Å². The minimum absolute atomic E-state index is 0.0424. The van der Waals surface area contributed by atoms with Gasteiger partial charge in [-0.1, -0.05) is 29.8 Å². The molecule has 0 saturated heterocycles. The van der Waals surface area contributed by atoms with E-state index in [4.69, 9.17) is 16.3 Å². The molecule has 5 aromatic rings. The van der Waals surface area contributed by atoms with E-state index < -0.39 is 15.9 Å². The molecule has 0 saturated carbocycles. The highest BCUT2D eigenvalue weighted by atomic mass is 35.5. The third-order valence-corrected chi connectivity index (χ3v) is 8.60. The maximum Gasteiger partial charge on any atom is 0.149 e. The molecule has 2 aromatic heterocycles. The number of ether oxygens (including phenoxy) is 1. The van der Waals surface area contributed by atoms with Gasteiger partial charge in [0.1, 0.15) is 45.2 Å². The van der Waals surface area contributed by atoms with Crippen LogP contribution >= 0.6 is 22.9 Å². The molecule has 0 radical (unpaired) electrons. The highest BCUT2D eigenvalue weighted by molar-refractivity contribution is 7.90. The molecule has 2 heterocycles. The second-order valence-electron chi connectivity index (χ2n) is 9.55. The van der Waals surface area contributed by atoms with E-state index in [0.29, 0.717) is 34.4 Å². The fourth-order valence-corrected chi connectivity index (χ4v) is 6.49. The first-order chi connectivity index (χ1) is 20.2. The predicted molar refractivity (Wildman–Crippen MR) is 167 cm³/mol. The van der Waals surface area contributed by atoms with Crippen molar-refractivity contribution in [1.29, 1.82) is 0 Å². The minimum Gasteiger partial charge on any atom is -0.487 e. The highest BCUT2D eigenvalue weighted by Crippen LogP contribution is 2.34. The summed E-state index contributed by atoms with van der Waals surface area (Å²) in [4.78, 5) is 14.2. The van der Waals surface area contributed by atoms with Gasteiger partial charge in [-0.2, -0.15) is 0 Å². The summed E-state index contributed by atoms with van der Waals surface area (Å²) in [6.45, 7) is 4.36. The smallest absolute Gasteiger partial charge is 0.149 e. The van der Waals surface area contributed by atoms with Crippen molar-refractivity contribution in [1.82, 2.24) is 20.3 Å². The van der Waals surface area contributed by atoms with E-state index in [0.717, 1.165) is 26.4 Å². The van der Waals surface area contributed by atoms with E-state index in [1.807, 2.05) is 24.3 Å². The number of benzene rings is 3. The summed E-state index contributed by atoms with van der Waals surface area (Å²) in [5, 5.41) is 8.41. The van der Waals surface area contributed by atoms with E-state index in [1.54, 1.807) is 36.5 Å². The molecule has 0 aliphatic carbocycles. The summed E-state index contributed by atoms with van der Waals surface area (Å²) in [5.74, 6) is 0.677. The zero-order valence-corrected chi connectivity index (χ0v) is 24.9. The zero-order chi connectivity index (χ0) is 29.7. The van der Waals surface area contributed by atoms with E-state index in [2.05, 4.69) is 32.2 Å². The van der Waals surface area contributed by atoms with Crippen molar-refractivity contribution in [2.45, 2.75) is 12.6 Å². The molecule has 12 heteroatoms. The number of nitrogens with one attached hydrogen (secondary N) is 2. The second-order valence-corrected chi connectivity index (χ2v) is 13.2. The van der Waals surface area contributed by atoms with Crippen LogP contribution in [0.5, 0.6) is 5.75 Å². The van der Waals surface area contributed by atoms with E-state index in [9.17, 15) is 12.8 Å². The Bertz CT molecular complexity index is 1850. The molecule has 42 heavy (non-hydrogen) atoms. The molecular formula is C30H27ClFN5O3S2. The number of fused-ring (bicyclic) bond motifs is 1. The maximum absolute atomic E-state index is 13.5. The SMILES string of the molecule is C=CCN[C@@H](CS(C)(=O)=O)c1cnc(-c2ccc3ncnc(Nc4ccc(OCc5cccc(F)c5)c(Cl)c4)c3c2)s1. The van der Waals surface area contributed by atoms with Crippen LogP contribution in [0.1, 0.15) is 16.5 Å². The third-order valence-electron chi connectivity index (χ3n) is 6.21. The number of hydrogen-bond acceptors (Lipinski definition) is 9. The Morgan fingerprint density at radius 3 is 2.74 bits per heavy atom. The van der Waals surface area contributed by atoms with Gasteiger partial charge >= 0.3 is 0 Å². The lowest BCUT2D eigenvalue weighted by Crippen LogP contribution is -2.27. The van der Waals surface area contributed by atoms with Crippen molar-refractivity contribution >= 4 is 55.2 Å². The largest absolute Gasteiger partial charge is 0.487 e. The lowest BCUT2D eigenvalue weighted by molar-refractivity contribution is 0.306. The quantitative estimate of drug-likeness (QED) is 0.147. The minimum atomic E-state index is -3.22. The van der Waals surface area contributed by atoms with Crippen LogP contribution in [0, 0.1) is 5.82 Å². The van der Waals surface area contributed by atoms with Gasteiger partial charge in [-0.05, 0) is 54.1 Å². The molecule has 2 N–H and O–H groups in total. The first-order valence-corrected chi connectivity index (χ1v) is 16.1. The zero-order valence-electron chi connectivity index (χ0n) is 22.6. The summed E-state index contributed by atoms with van der Waals surface area (Å²) in [7, 11) is -3.22. The van der Waals surface area contributed by atoms with Gasteiger partial charge in [-0.25, -0.2) is 27.8 Å². The Morgan fingerprint density at radius 1 is 1.12 bits per heavy atom. The van der Waals surface area contributed by atoms with Crippen LogP contribution in [0.25, 0.3) is 21.5 Å². The Balaban J connectivity index is 1.36. The standard InChI is InChI=1S/C30H27ClFN5O3S2/c1-3-11-33-26(17-42(2,38)39)28-15-34-30(41-28)20-7-9-25-23(13-20)29(36-18-35-25)37-22-8-10-27(24(31)14-22)40-16-19-5-4-6-21(32)12-19/h3-10,12-15,18,26,33H,1,11,16-17H2,2H3,(H,35,36,37)/t26-/m0/s1. The number of aromatic nitrogens is 3. The van der Waals surface area contributed by atoms with Gasteiger partial charge in [0, 0.05) is 40.5 Å². The van der Waals surface area contributed by atoms with Crippen molar-refractivity contribution in [3.8, 4) is 16.3 Å². The lowest BCUT2D eigenvalue weighted by Gasteiger charge is -2.14. The van der Waals surface area contributed by atoms with Crippen LogP contribution in [0.15, 0.2) is 85.8 Å². The number of thiazole rings is 1. The molecule has 0 fully saturated rings. The van der Waals surface area contributed by atoms with Crippen molar-refractivity contribution < 1.29 is 17.5 Å². The number of anilines is 2.